The number of rotatable bonds is 4. The summed E-state index contributed by atoms with van der Waals surface area (Å²) in [5.41, 5.74) is 0.126. The van der Waals surface area contributed by atoms with Crippen LogP contribution in [0.5, 0.6) is 11.5 Å². The van der Waals surface area contributed by atoms with Crippen LogP contribution in [0.15, 0.2) is 12.1 Å². The zero-order valence-electron chi connectivity index (χ0n) is 8.41. The Bertz CT molecular complexity index is 376. The van der Waals surface area contributed by atoms with Crippen molar-refractivity contribution >= 4 is 28.6 Å². The predicted molar refractivity (Wildman–Crippen MR) is 63.8 cm³/mol. The first-order valence-electron chi connectivity index (χ1n) is 4.33. The fourth-order valence-corrected chi connectivity index (χ4v) is 1.77. The van der Waals surface area contributed by atoms with Crippen molar-refractivity contribution in [3.8, 4) is 11.5 Å². The van der Waals surface area contributed by atoms with Crippen LogP contribution in [0.25, 0.3) is 0 Å². The third kappa shape index (κ3) is 2.74. The number of carboxylic acid groups (broad SMARTS) is 1. The molecule has 82 valence electrons. The fourth-order valence-electron chi connectivity index (χ4n) is 1.17. The third-order valence-electron chi connectivity index (χ3n) is 1.76. The van der Waals surface area contributed by atoms with Crippen LogP contribution in [0.4, 0.5) is 0 Å². The number of carbonyl (C=O) groups is 1. The maximum Gasteiger partial charge on any atom is 0.339 e. The lowest BCUT2D eigenvalue weighted by Crippen LogP contribution is -2.05. The Morgan fingerprint density at radius 3 is 2.67 bits per heavy atom. The first-order valence-corrected chi connectivity index (χ1v) is 5.41. The molecule has 0 aliphatic heterocycles. The van der Waals surface area contributed by atoms with E-state index in [1.165, 1.54) is 7.11 Å². The highest BCUT2D eigenvalue weighted by atomic mass is 127. The predicted octanol–water partition coefficient (Wildman–Crippen LogP) is 2.40. The summed E-state index contributed by atoms with van der Waals surface area (Å²) in [5, 5.41) is 9.00. The van der Waals surface area contributed by atoms with E-state index in [1.54, 1.807) is 19.1 Å². The maximum absolute atomic E-state index is 11.0. The van der Waals surface area contributed by atoms with E-state index in [1.807, 2.05) is 22.6 Å². The second-order valence-corrected chi connectivity index (χ2v) is 3.97. The van der Waals surface area contributed by atoms with Crippen LogP contribution in [0.2, 0.25) is 0 Å². The summed E-state index contributed by atoms with van der Waals surface area (Å²) in [4.78, 5) is 11.0. The minimum Gasteiger partial charge on any atom is -0.493 e. The second-order valence-electron chi connectivity index (χ2n) is 2.72. The zero-order valence-corrected chi connectivity index (χ0v) is 10.6. The molecule has 1 aromatic carbocycles. The summed E-state index contributed by atoms with van der Waals surface area (Å²) in [5.74, 6) is -0.288. The summed E-state index contributed by atoms with van der Waals surface area (Å²) >= 11 is 2.03. The van der Waals surface area contributed by atoms with E-state index < -0.39 is 5.97 Å². The average molecular weight is 322 g/mol. The molecule has 0 bridgehead atoms. The Kier molecular flexibility index (Phi) is 4.19. The molecule has 0 unspecified atom stereocenters. The standard InChI is InChI=1S/C10H11IO4/c1-3-15-9-7(10(12)13)4-6(11)5-8(9)14-2/h4-5H,3H2,1-2H3,(H,12,13). The third-order valence-corrected chi connectivity index (χ3v) is 2.38. The molecule has 0 saturated heterocycles. The maximum atomic E-state index is 11.0. The molecule has 0 aliphatic carbocycles. The molecule has 15 heavy (non-hydrogen) atoms. The van der Waals surface area contributed by atoms with Crippen molar-refractivity contribution in [3.63, 3.8) is 0 Å². The van der Waals surface area contributed by atoms with Gasteiger partial charge in [-0.15, -0.1) is 0 Å². The highest BCUT2D eigenvalue weighted by Crippen LogP contribution is 2.33. The number of aromatic carboxylic acids is 1. The molecule has 0 atom stereocenters. The molecule has 0 amide bonds. The molecule has 0 heterocycles. The van der Waals surface area contributed by atoms with E-state index in [0.717, 1.165) is 3.57 Å². The molecule has 0 radical (unpaired) electrons. The molecule has 0 aliphatic rings. The minimum atomic E-state index is -1.02. The van der Waals surface area contributed by atoms with Gasteiger partial charge in [0.05, 0.1) is 13.7 Å². The number of benzene rings is 1. The molecule has 0 fully saturated rings. The van der Waals surface area contributed by atoms with Gasteiger partial charge in [-0.05, 0) is 41.6 Å². The van der Waals surface area contributed by atoms with Gasteiger partial charge in [0.2, 0.25) is 0 Å². The topological polar surface area (TPSA) is 55.8 Å². The Morgan fingerprint density at radius 1 is 1.53 bits per heavy atom. The zero-order chi connectivity index (χ0) is 11.4. The number of hydrogen-bond acceptors (Lipinski definition) is 3. The summed E-state index contributed by atoms with van der Waals surface area (Å²) in [6, 6.07) is 3.29. The summed E-state index contributed by atoms with van der Waals surface area (Å²) in [6.07, 6.45) is 0. The van der Waals surface area contributed by atoms with Gasteiger partial charge in [0.15, 0.2) is 11.5 Å². The fraction of sp³-hybridized carbons (Fsp3) is 0.300. The Balaban J connectivity index is 3.33. The lowest BCUT2D eigenvalue weighted by Gasteiger charge is -2.12. The van der Waals surface area contributed by atoms with Gasteiger partial charge < -0.3 is 14.6 Å². The summed E-state index contributed by atoms with van der Waals surface area (Å²) in [7, 11) is 1.49. The van der Waals surface area contributed by atoms with E-state index in [-0.39, 0.29) is 11.3 Å². The van der Waals surface area contributed by atoms with Gasteiger partial charge in [-0.25, -0.2) is 4.79 Å². The summed E-state index contributed by atoms with van der Waals surface area (Å²) in [6.45, 7) is 2.19. The van der Waals surface area contributed by atoms with Crippen molar-refractivity contribution in [1.82, 2.24) is 0 Å². The molecule has 1 aromatic rings. The molecule has 0 aromatic heterocycles. The number of carboxylic acids is 1. The van der Waals surface area contributed by atoms with Crippen molar-refractivity contribution in [3.05, 3.63) is 21.3 Å². The van der Waals surface area contributed by atoms with Crippen LogP contribution < -0.4 is 9.47 Å². The van der Waals surface area contributed by atoms with Gasteiger partial charge in [0.1, 0.15) is 5.56 Å². The largest absolute Gasteiger partial charge is 0.493 e. The van der Waals surface area contributed by atoms with Gasteiger partial charge in [0, 0.05) is 3.57 Å². The first kappa shape index (κ1) is 12.1. The lowest BCUT2D eigenvalue weighted by molar-refractivity contribution is 0.0691. The molecule has 0 spiro atoms. The average Bonchev–Trinajstić information content (AvgIpc) is 2.19. The van der Waals surface area contributed by atoms with Gasteiger partial charge >= 0.3 is 5.97 Å². The van der Waals surface area contributed by atoms with Crippen LogP contribution in [0, 0.1) is 3.57 Å². The van der Waals surface area contributed by atoms with Gasteiger partial charge in [-0.3, -0.25) is 0 Å². The lowest BCUT2D eigenvalue weighted by atomic mass is 10.2. The van der Waals surface area contributed by atoms with E-state index in [4.69, 9.17) is 14.6 Å². The quantitative estimate of drug-likeness (QED) is 0.865. The van der Waals surface area contributed by atoms with E-state index in [9.17, 15) is 4.79 Å². The molecular weight excluding hydrogens is 311 g/mol. The van der Waals surface area contributed by atoms with E-state index >= 15 is 0 Å². The monoisotopic (exact) mass is 322 g/mol. The van der Waals surface area contributed by atoms with Gasteiger partial charge in [-0.2, -0.15) is 0 Å². The van der Waals surface area contributed by atoms with Crippen LogP contribution in [0.3, 0.4) is 0 Å². The molecule has 5 heteroatoms. The van der Waals surface area contributed by atoms with Crippen LogP contribution >= 0.6 is 22.6 Å². The number of hydrogen-bond donors (Lipinski definition) is 1. The molecule has 4 nitrogen and oxygen atoms in total. The molecule has 1 N–H and O–H groups in total. The normalized spacial score (nSPS) is 9.80. The van der Waals surface area contributed by atoms with Crippen LogP contribution in [-0.2, 0) is 0 Å². The Labute approximate surface area is 101 Å². The number of ether oxygens (including phenoxy) is 2. The SMILES string of the molecule is CCOc1c(OC)cc(I)cc1C(=O)O. The first-order chi connectivity index (χ1) is 7.10. The number of halogens is 1. The highest BCUT2D eigenvalue weighted by Gasteiger charge is 2.17. The summed E-state index contributed by atoms with van der Waals surface area (Å²) < 4.78 is 11.1. The van der Waals surface area contributed by atoms with E-state index in [0.29, 0.717) is 12.4 Å². The number of methoxy groups -OCH3 is 1. The van der Waals surface area contributed by atoms with Crippen molar-refractivity contribution in [2.75, 3.05) is 13.7 Å². The highest BCUT2D eigenvalue weighted by molar-refractivity contribution is 14.1. The molecule has 1 rings (SSSR count). The van der Waals surface area contributed by atoms with Crippen molar-refractivity contribution in [1.29, 1.82) is 0 Å². The van der Waals surface area contributed by atoms with Crippen LogP contribution in [0.1, 0.15) is 17.3 Å². The van der Waals surface area contributed by atoms with E-state index in [2.05, 4.69) is 0 Å². The van der Waals surface area contributed by atoms with Crippen LogP contribution in [-0.4, -0.2) is 24.8 Å². The molecular formula is C10H11IO4. The van der Waals surface area contributed by atoms with Crippen molar-refractivity contribution in [2.45, 2.75) is 6.92 Å². The Hall–Kier alpha value is -0.980. The van der Waals surface area contributed by atoms with Crippen molar-refractivity contribution in [2.24, 2.45) is 0 Å². The van der Waals surface area contributed by atoms with Gasteiger partial charge in [0.25, 0.3) is 0 Å². The molecule has 0 saturated carbocycles. The Morgan fingerprint density at radius 2 is 2.20 bits per heavy atom. The smallest absolute Gasteiger partial charge is 0.339 e. The van der Waals surface area contributed by atoms with Crippen molar-refractivity contribution < 1.29 is 19.4 Å². The minimum absolute atomic E-state index is 0.126. The second kappa shape index (κ2) is 5.20. The van der Waals surface area contributed by atoms with Gasteiger partial charge in [-0.1, -0.05) is 0 Å².